The minimum atomic E-state index is -0.00728. The number of rotatable bonds is 4. The van der Waals surface area contributed by atoms with Crippen LogP contribution < -0.4 is 10.6 Å². The second kappa shape index (κ2) is 9.60. The zero-order valence-electron chi connectivity index (χ0n) is 15.7. The Balaban J connectivity index is 0.00000169. The Morgan fingerprint density at radius 2 is 2.00 bits per heavy atom. The maximum Gasteiger partial charge on any atom is 0.237 e. The number of piperidine rings is 1. The predicted octanol–water partition coefficient (Wildman–Crippen LogP) is 2.19. The number of aromatic nitrogens is 2. The van der Waals surface area contributed by atoms with E-state index < -0.39 is 0 Å². The average Bonchev–Trinajstić information content (AvgIpc) is 3.00. The third kappa shape index (κ3) is 4.84. The number of aryl methyl sites for hydroxylation is 1. The van der Waals surface area contributed by atoms with Crippen molar-refractivity contribution in [1.82, 2.24) is 25.3 Å². The van der Waals surface area contributed by atoms with Crippen LogP contribution in [0, 0.1) is 19.3 Å². The molecular formula is C17H30Cl3N5O. The molecule has 1 aromatic heterocycles. The van der Waals surface area contributed by atoms with Crippen molar-refractivity contribution in [3.8, 4) is 0 Å². The fourth-order valence-corrected chi connectivity index (χ4v) is 4.31. The van der Waals surface area contributed by atoms with Crippen LogP contribution in [-0.4, -0.2) is 59.9 Å². The van der Waals surface area contributed by atoms with Crippen molar-refractivity contribution in [3.05, 3.63) is 16.4 Å². The van der Waals surface area contributed by atoms with Crippen LogP contribution in [0.25, 0.3) is 0 Å². The van der Waals surface area contributed by atoms with Crippen LogP contribution in [-0.2, 0) is 11.3 Å². The van der Waals surface area contributed by atoms with Gasteiger partial charge >= 0.3 is 0 Å². The van der Waals surface area contributed by atoms with Crippen LogP contribution in [0.1, 0.15) is 30.7 Å². The molecule has 2 aliphatic rings. The standard InChI is InChI=1S/C17H28ClN5O.2ClH/c1-12-15(18)13(2)23(21-12)9-8-20-16(24)14-10-17(11-22(14)3)4-6-19-7-5-17;;/h14,19H,4-11H2,1-3H3,(H,20,24);2*1H. The lowest BCUT2D eigenvalue weighted by Gasteiger charge is -2.33. The van der Waals surface area contributed by atoms with E-state index in [1.165, 1.54) is 12.8 Å². The van der Waals surface area contributed by atoms with E-state index in [4.69, 9.17) is 11.6 Å². The Bertz CT molecular complexity index is 616. The molecule has 1 unspecified atom stereocenters. The normalized spacial score (nSPS) is 21.9. The highest BCUT2D eigenvalue weighted by atomic mass is 35.5. The summed E-state index contributed by atoms with van der Waals surface area (Å²) in [6, 6.07) is -0.00728. The molecule has 150 valence electrons. The number of likely N-dealkylation sites (tertiary alicyclic amines) is 1. The second-order valence-corrected chi connectivity index (χ2v) is 7.76. The molecule has 26 heavy (non-hydrogen) atoms. The van der Waals surface area contributed by atoms with Gasteiger partial charge in [-0.15, -0.1) is 24.8 Å². The van der Waals surface area contributed by atoms with Gasteiger partial charge in [0.05, 0.1) is 29.0 Å². The number of amides is 1. The van der Waals surface area contributed by atoms with E-state index in [-0.39, 0.29) is 36.8 Å². The maximum absolute atomic E-state index is 12.6. The Hall–Kier alpha value is -0.530. The number of nitrogens with zero attached hydrogens (tertiary/aromatic N) is 3. The van der Waals surface area contributed by atoms with Crippen LogP contribution in [0.5, 0.6) is 0 Å². The van der Waals surface area contributed by atoms with E-state index in [2.05, 4.69) is 27.7 Å². The van der Waals surface area contributed by atoms with Crippen molar-refractivity contribution in [1.29, 1.82) is 0 Å². The molecule has 1 spiro atoms. The molecule has 0 bridgehead atoms. The maximum atomic E-state index is 12.6. The number of carbonyl (C=O) groups is 1. The van der Waals surface area contributed by atoms with Gasteiger partial charge in [0.15, 0.2) is 0 Å². The summed E-state index contributed by atoms with van der Waals surface area (Å²) in [6.07, 6.45) is 3.32. The Kier molecular flexibility index (Phi) is 8.68. The van der Waals surface area contributed by atoms with Gasteiger partial charge in [0.25, 0.3) is 0 Å². The highest BCUT2D eigenvalue weighted by Gasteiger charge is 2.45. The first-order chi connectivity index (χ1) is 11.4. The van der Waals surface area contributed by atoms with Gasteiger partial charge in [0, 0.05) is 13.1 Å². The zero-order valence-corrected chi connectivity index (χ0v) is 18.1. The Morgan fingerprint density at radius 3 is 2.58 bits per heavy atom. The molecule has 0 aliphatic carbocycles. The smallest absolute Gasteiger partial charge is 0.237 e. The number of carbonyl (C=O) groups excluding carboxylic acids is 1. The van der Waals surface area contributed by atoms with Crippen LogP contribution >= 0.6 is 36.4 Å². The van der Waals surface area contributed by atoms with Crippen molar-refractivity contribution in [2.75, 3.05) is 33.2 Å². The molecule has 0 saturated carbocycles. The van der Waals surface area contributed by atoms with E-state index in [0.29, 0.717) is 23.5 Å². The molecule has 2 aliphatic heterocycles. The number of halogens is 3. The molecule has 6 nitrogen and oxygen atoms in total. The van der Waals surface area contributed by atoms with Crippen LogP contribution in [0.4, 0.5) is 0 Å². The topological polar surface area (TPSA) is 62.2 Å². The fourth-order valence-electron chi connectivity index (χ4n) is 4.18. The molecule has 1 aromatic rings. The van der Waals surface area contributed by atoms with Gasteiger partial charge in [-0.25, -0.2) is 0 Å². The minimum absolute atomic E-state index is 0. The van der Waals surface area contributed by atoms with Gasteiger partial charge in [-0.3, -0.25) is 14.4 Å². The molecule has 0 aromatic carbocycles. The van der Waals surface area contributed by atoms with Gasteiger partial charge in [-0.05, 0) is 58.7 Å². The third-order valence-electron chi connectivity index (χ3n) is 5.63. The number of hydrogen-bond acceptors (Lipinski definition) is 4. The van der Waals surface area contributed by atoms with Crippen molar-refractivity contribution in [3.63, 3.8) is 0 Å². The van der Waals surface area contributed by atoms with Crippen molar-refractivity contribution >= 4 is 42.3 Å². The summed E-state index contributed by atoms with van der Waals surface area (Å²) in [5, 5.41) is 11.6. The SMILES string of the molecule is Cc1nn(CCNC(=O)C2CC3(CCNCC3)CN2C)c(C)c1Cl.Cl.Cl. The summed E-state index contributed by atoms with van der Waals surface area (Å²) in [5.74, 6) is 0.139. The van der Waals surface area contributed by atoms with Gasteiger partial charge in [0.1, 0.15) is 0 Å². The fraction of sp³-hybridized carbons (Fsp3) is 0.765. The van der Waals surface area contributed by atoms with Crippen molar-refractivity contribution < 1.29 is 4.79 Å². The second-order valence-electron chi connectivity index (χ2n) is 7.38. The lowest BCUT2D eigenvalue weighted by molar-refractivity contribution is -0.125. The minimum Gasteiger partial charge on any atom is -0.353 e. The molecule has 0 radical (unpaired) electrons. The first-order valence-electron chi connectivity index (χ1n) is 8.80. The Labute approximate surface area is 173 Å². The monoisotopic (exact) mass is 425 g/mol. The van der Waals surface area contributed by atoms with E-state index >= 15 is 0 Å². The molecule has 2 fully saturated rings. The lowest BCUT2D eigenvalue weighted by Crippen LogP contribution is -2.42. The molecule has 9 heteroatoms. The van der Waals surface area contributed by atoms with Gasteiger partial charge in [-0.2, -0.15) is 5.10 Å². The van der Waals surface area contributed by atoms with E-state index in [1.807, 2.05) is 18.5 Å². The quantitative estimate of drug-likeness (QED) is 0.775. The van der Waals surface area contributed by atoms with Gasteiger partial charge in [0.2, 0.25) is 5.91 Å². The highest BCUT2D eigenvalue weighted by Crippen LogP contribution is 2.41. The molecular weight excluding hydrogens is 397 g/mol. The van der Waals surface area contributed by atoms with E-state index in [0.717, 1.165) is 37.4 Å². The van der Waals surface area contributed by atoms with E-state index in [9.17, 15) is 4.79 Å². The lowest BCUT2D eigenvalue weighted by atomic mass is 9.77. The van der Waals surface area contributed by atoms with Crippen LogP contribution in [0.3, 0.4) is 0 Å². The number of hydrogen-bond donors (Lipinski definition) is 2. The number of nitrogens with one attached hydrogen (secondary N) is 2. The Morgan fingerprint density at radius 1 is 1.35 bits per heavy atom. The zero-order chi connectivity index (χ0) is 17.3. The molecule has 2 saturated heterocycles. The molecule has 1 atom stereocenters. The molecule has 1 amide bonds. The molecule has 2 N–H and O–H groups in total. The van der Waals surface area contributed by atoms with E-state index in [1.54, 1.807) is 0 Å². The van der Waals surface area contributed by atoms with Crippen LogP contribution in [0.15, 0.2) is 0 Å². The summed E-state index contributed by atoms with van der Waals surface area (Å²) in [4.78, 5) is 14.8. The summed E-state index contributed by atoms with van der Waals surface area (Å²) in [5.41, 5.74) is 2.12. The predicted molar refractivity (Wildman–Crippen MR) is 110 cm³/mol. The molecule has 3 rings (SSSR count). The van der Waals surface area contributed by atoms with Gasteiger partial charge < -0.3 is 10.6 Å². The summed E-state index contributed by atoms with van der Waals surface area (Å²) in [7, 11) is 2.07. The van der Waals surface area contributed by atoms with Crippen molar-refractivity contribution in [2.24, 2.45) is 5.41 Å². The van der Waals surface area contributed by atoms with Crippen molar-refractivity contribution in [2.45, 2.75) is 45.7 Å². The average molecular weight is 427 g/mol. The summed E-state index contributed by atoms with van der Waals surface area (Å²) < 4.78 is 1.87. The van der Waals surface area contributed by atoms with Gasteiger partial charge in [-0.1, -0.05) is 11.6 Å². The first kappa shape index (κ1) is 23.5. The van der Waals surface area contributed by atoms with Crippen LogP contribution in [0.2, 0.25) is 5.02 Å². The summed E-state index contributed by atoms with van der Waals surface area (Å²) in [6.45, 7) is 8.25. The first-order valence-corrected chi connectivity index (χ1v) is 9.18. The largest absolute Gasteiger partial charge is 0.353 e. The molecule has 3 heterocycles. The summed E-state index contributed by atoms with van der Waals surface area (Å²) >= 11 is 6.16. The highest BCUT2D eigenvalue weighted by molar-refractivity contribution is 6.31. The third-order valence-corrected chi connectivity index (χ3v) is 6.17. The number of likely N-dealkylation sites (N-methyl/N-ethyl adjacent to an activating group) is 1.